The summed E-state index contributed by atoms with van der Waals surface area (Å²) in [7, 11) is 1.59. The molecule has 1 unspecified atom stereocenters. The fraction of sp³-hybridized carbons (Fsp3) is 0.462. The predicted octanol–water partition coefficient (Wildman–Crippen LogP) is 1.84. The lowest BCUT2D eigenvalue weighted by Crippen LogP contribution is -2.47. The third kappa shape index (κ3) is 2.60. The molecule has 1 amide bonds. The number of piperazine rings is 1. The summed E-state index contributed by atoms with van der Waals surface area (Å²) in [6, 6.07) is 5.70. The second kappa shape index (κ2) is 5.59. The molecule has 4 nitrogen and oxygen atoms in total. The Morgan fingerprint density at radius 2 is 2.33 bits per heavy atom. The van der Waals surface area contributed by atoms with Crippen LogP contribution in [0.1, 0.15) is 18.5 Å². The maximum Gasteiger partial charge on any atom is 0.220 e. The Morgan fingerprint density at radius 1 is 1.56 bits per heavy atom. The fourth-order valence-corrected chi connectivity index (χ4v) is 2.54. The molecular weight excluding hydrogens is 252 g/mol. The van der Waals surface area contributed by atoms with Crippen LogP contribution >= 0.6 is 11.6 Å². The summed E-state index contributed by atoms with van der Waals surface area (Å²) in [5, 5.41) is 3.87. The van der Waals surface area contributed by atoms with Crippen molar-refractivity contribution >= 4 is 17.5 Å². The van der Waals surface area contributed by atoms with Crippen molar-refractivity contribution in [3.63, 3.8) is 0 Å². The molecule has 1 aliphatic rings. The Morgan fingerprint density at radius 3 is 2.94 bits per heavy atom. The average Bonchev–Trinajstić information content (AvgIpc) is 2.38. The summed E-state index contributed by atoms with van der Waals surface area (Å²) in [6.07, 6.45) is 0. The first-order chi connectivity index (χ1) is 8.63. The van der Waals surface area contributed by atoms with Crippen LogP contribution in [0.5, 0.6) is 5.75 Å². The molecule has 1 aromatic rings. The Labute approximate surface area is 112 Å². The molecule has 1 aliphatic heterocycles. The van der Waals surface area contributed by atoms with Crippen molar-refractivity contribution in [1.82, 2.24) is 10.2 Å². The number of ether oxygens (including phenoxy) is 1. The molecular formula is C13H17ClN2O2. The van der Waals surface area contributed by atoms with Crippen LogP contribution in [0.3, 0.4) is 0 Å². The van der Waals surface area contributed by atoms with Gasteiger partial charge >= 0.3 is 0 Å². The summed E-state index contributed by atoms with van der Waals surface area (Å²) in [6.45, 7) is 3.91. The van der Waals surface area contributed by atoms with E-state index in [0.29, 0.717) is 10.8 Å². The van der Waals surface area contributed by atoms with E-state index >= 15 is 0 Å². The van der Waals surface area contributed by atoms with Crippen molar-refractivity contribution in [2.24, 2.45) is 0 Å². The van der Waals surface area contributed by atoms with Gasteiger partial charge in [-0.05, 0) is 17.7 Å². The van der Waals surface area contributed by atoms with Gasteiger partial charge in [-0.15, -0.1) is 0 Å². The van der Waals surface area contributed by atoms with E-state index in [2.05, 4.69) is 5.32 Å². The molecule has 0 bridgehead atoms. The molecule has 1 atom stereocenters. The lowest BCUT2D eigenvalue weighted by molar-refractivity contribution is -0.132. The smallest absolute Gasteiger partial charge is 0.220 e. The van der Waals surface area contributed by atoms with Crippen molar-refractivity contribution in [1.29, 1.82) is 0 Å². The molecule has 98 valence electrons. The van der Waals surface area contributed by atoms with E-state index < -0.39 is 0 Å². The summed E-state index contributed by atoms with van der Waals surface area (Å²) in [4.78, 5) is 13.5. The van der Waals surface area contributed by atoms with E-state index in [-0.39, 0.29) is 11.9 Å². The maximum absolute atomic E-state index is 11.6. The number of amides is 1. The van der Waals surface area contributed by atoms with Crippen molar-refractivity contribution in [2.45, 2.75) is 13.0 Å². The van der Waals surface area contributed by atoms with Gasteiger partial charge in [0.05, 0.1) is 18.2 Å². The quantitative estimate of drug-likeness (QED) is 0.890. The molecule has 0 aromatic heterocycles. The van der Waals surface area contributed by atoms with Crippen LogP contribution in [0.4, 0.5) is 0 Å². The number of hydrogen-bond acceptors (Lipinski definition) is 3. The number of benzene rings is 1. The minimum absolute atomic E-state index is 0.0413. The first kappa shape index (κ1) is 13.2. The second-order valence-corrected chi connectivity index (χ2v) is 4.73. The van der Waals surface area contributed by atoms with Gasteiger partial charge in [-0.2, -0.15) is 0 Å². The van der Waals surface area contributed by atoms with Gasteiger partial charge in [0.15, 0.2) is 0 Å². The minimum Gasteiger partial charge on any atom is -0.495 e. The topological polar surface area (TPSA) is 41.6 Å². The number of nitrogens with one attached hydrogen (secondary N) is 1. The fourth-order valence-electron chi connectivity index (χ4n) is 2.27. The molecule has 0 spiro atoms. The summed E-state index contributed by atoms with van der Waals surface area (Å²) in [5.74, 6) is 0.743. The van der Waals surface area contributed by atoms with Crippen LogP contribution in [0, 0.1) is 0 Å². The van der Waals surface area contributed by atoms with E-state index in [1.165, 1.54) is 0 Å². The summed E-state index contributed by atoms with van der Waals surface area (Å²) in [5.41, 5.74) is 1.03. The molecule has 0 radical (unpaired) electrons. The molecule has 1 aromatic carbocycles. The lowest BCUT2D eigenvalue weighted by atomic mass is 10.0. The highest BCUT2D eigenvalue weighted by Crippen LogP contribution is 2.30. The number of carbonyl (C=O) groups is 1. The highest BCUT2D eigenvalue weighted by Gasteiger charge is 2.26. The standard InChI is InChI=1S/C13H17ClN2O2/c1-9(17)16-6-5-15-8-12(16)10-3-4-13(18-2)11(14)7-10/h3-4,7,12,15H,5-6,8H2,1-2H3. The molecule has 1 N–H and O–H groups in total. The normalized spacial score (nSPS) is 19.7. The van der Waals surface area contributed by atoms with Gasteiger partial charge < -0.3 is 15.0 Å². The monoisotopic (exact) mass is 268 g/mol. The van der Waals surface area contributed by atoms with Crippen LogP contribution in [0.15, 0.2) is 18.2 Å². The molecule has 0 aliphatic carbocycles. The number of nitrogens with zero attached hydrogens (tertiary/aromatic N) is 1. The molecule has 18 heavy (non-hydrogen) atoms. The Bertz CT molecular complexity index is 451. The van der Waals surface area contributed by atoms with Crippen LogP contribution < -0.4 is 10.1 Å². The maximum atomic E-state index is 11.6. The van der Waals surface area contributed by atoms with E-state index in [9.17, 15) is 4.79 Å². The number of halogens is 1. The number of hydrogen-bond donors (Lipinski definition) is 1. The predicted molar refractivity (Wildman–Crippen MR) is 71.0 cm³/mol. The van der Waals surface area contributed by atoms with Gasteiger partial charge in [-0.25, -0.2) is 0 Å². The third-order valence-corrected chi connectivity index (χ3v) is 3.50. The molecule has 1 heterocycles. The largest absolute Gasteiger partial charge is 0.495 e. The van der Waals surface area contributed by atoms with Crippen LogP contribution in [0.2, 0.25) is 5.02 Å². The van der Waals surface area contributed by atoms with E-state index in [1.807, 2.05) is 23.1 Å². The third-order valence-electron chi connectivity index (χ3n) is 3.21. The van der Waals surface area contributed by atoms with Crippen LogP contribution in [-0.4, -0.2) is 37.6 Å². The van der Waals surface area contributed by atoms with Crippen molar-refractivity contribution in [3.05, 3.63) is 28.8 Å². The van der Waals surface area contributed by atoms with Gasteiger partial charge in [0.25, 0.3) is 0 Å². The number of carbonyl (C=O) groups excluding carboxylic acids is 1. The molecule has 1 saturated heterocycles. The van der Waals surface area contributed by atoms with E-state index in [0.717, 1.165) is 25.2 Å². The minimum atomic E-state index is 0.0413. The van der Waals surface area contributed by atoms with Gasteiger partial charge in [0, 0.05) is 26.6 Å². The SMILES string of the molecule is COc1ccc(C2CNCCN2C(C)=O)cc1Cl. The zero-order chi connectivity index (χ0) is 13.1. The van der Waals surface area contributed by atoms with E-state index in [4.69, 9.17) is 16.3 Å². The summed E-state index contributed by atoms with van der Waals surface area (Å²) < 4.78 is 5.13. The van der Waals surface area contributed by atoms with Crippen molar-refractivity contribution in [3.8, 4) is 5.75 Å². The average molecular weight is 269 g/mol. The number of rotatable bonds is 2. The molecule has 2 rings (SSSR count). The zero-order valence-electron chi connectivity index (χ0n) is 10.6. The van der Waals surface area contributed by atoms with Crippen molar-refractivity contribution < 1.29 is 9.53 Å². The highest BCUT2D eigenvalue weighted by atomic mass is 35.5. The van der Waals surface area contributed by atoms with Gasteiger partial charge in [0.2, 0.25) is 5.91 Å². The lowest BCUT2D eigenvalue weighted by Gasteiger charge is -2.36. The van der Waals surface area contributed by atoms with Crippen LogP contribution in [-0.2, 0) is 4.79 Å². The van der Waals surface area contributed by atoms with Gasteiger partial charge in [-0.1, -0.05) is 17.7 Å². The highest BCUT2D eigenvalue weighted by molar-refractivity contribution is 6.32. The second-order valence-electron chi connectivity index (χ2n) is 4.33. The molecule has 1 fully saturated rings. The Hall–Kier alpha value is -1.26. The Kier molecular flexibility index (Phi) is 4.09. The number of methoxy groups -OCH3 is 1. The molecule has 5 heteroatoms. The van der Waals surface area contributed by atoms with Crippen molar-refractivity contribution in [2.75, 3.05) is 26.7 Å². The first-order valence-corrected chi connectivity index (χ1v) is 6.32. The molecule has 0 saturated carbocycles. The first-order valence-electron chi connectivity index (χ1n) is 5.95. The van der Waals surface area contributed by atoms with Crippen LogP contribution in [0.25, 0.3) is 0 Å². The van der Waals surface area contributed by atoms with E-state index in [1.54, 1.807) is 14.0 Å². The van der Waals surface area contributed by atoms with Gasteiger partial charge in [0.1, 0.15) is 5.75 Å². The van der Waals surface area contributed by atoms with Gasteiger partial charge in [-0.3, -0.25) is 4.79 Å². The zero-order valence-corrected chi connectivity index (χ0v) is 11.3. The summed E-state index contributed by atoms with van der Waals surface area (Å²) >= 11 is 6.13. The Balaban J connectivity index is 2.28.